The summed E-state index contributed by atoms with van der Waals surface area (Å²) in [5, 5.41) is 3.19. The smallest absolute Gasteiger partial charge is 0.318 e. The first-order valence-corrected chi connectivity index (χ1v) is 5.56. The molecule has 88 valence electrons. The zero-order valence-corrected chi connectivity index (χ0v) is 9.92. The average molecular weight is 229 g/mol. The van der Waals surface area contributed by atoms with Crippen molar-refractivity contribution in [1.82, 2.24) is 9.97 Å². The molecular formula is C13H15N3O. The molecule has 4 nitrogen and oxygen atoms in total. The monoisotopic (exact) mass is 229 g/mol. The number of hydrogen-bond acceptors (Lipinski definition) is 4. The maximum Gasteiger partial charge on any atom is 0.318 e. The first-order chi connectivity index (χ1) is 8.24. The number of benzene rings is 1. The summed E-state index contributed by atoms with van der Waals surface area (Å²) in [6.07, 6.45) is 1.75. The number of aromatic nitrogens is 2. The molecule has 0 saturated heterocycles. The van der Waals surface area contributed by atoms with Gasteiger partial charge in [0.1, 0.15) is 5.82 Å². The Hall–Kier alpha value is -2.10. The van der Waals surface area contributed by atoms with Crippen LogP contribution in [0.2, 0.25) is 0 Å². The minimum Gasteiger partial charge on any atom is -0.461 e. The number of ether oxygens (including phenoxy) is 1. The molecule has 0 aliphatic rings. The van der Waals surface area contributed by atoms with Gasteiger partial charge in [-0.25, -0.2) is 4.98 Å². The molecule has 0 fully saturated rings. The van der Waals surface area contributed by atoms with Crippen molar-refractivity contribution in [3.05, 3.63) is 42.6 Å². The molecule has 0 saturated carbocycles. The molecule has 4 heteroatoms. The van der Waals surface area contributed by atoms with Crippen molar-refractivity contribution in [2.45, 2.75) is 20.0 Å². The van der Waals surface area contributed by atoms with E-state index in [9.17, 15) is 0 Å². The molecule has 17 heavy (non-hydrogen) atoms. The number of rotatable bonds is 4. The number of nitrogens with zero attached hydrogens (tertiary/aromatic N) is 2. The van der Waals surface area contributed by atoms with E-state index >= 15 is 0 Å². The Bertz CT molecular complexity index is 471. The predicted octanol–water partition coefficient (Wildman–Crippen LogP) is 3.01. The molecule has 2 rings (SSSR count). The van der Waals surface area contributed by atoms with Crippen LogP contribution < -0.4 is 10.1 Å². The van der Waals surface area contributed by atoms with E-state index in [2.05, 4.69) is 15.3 Å². The third-order valence-corrected chi connectivity index (χ3v) is 2.02. The normalized spacial score (nSPS) is 10.3. The van der Waals surface area contributed by atoms with Crippen molar-refractivity contribution in [1.29, 1.82) is 0 Å². The van der Waals surface area contributed by atoms with Crippen LogP contribution in [0.5, 0.6) is 6.01 Å². The lowest BCUT2D eigenvalue weighted by Crippen LogP contribution is -2.08. The average Bonchev–Trinajstić information content (AvgIpc) is 2.30. The quantitative estimate of drug-likeness (QED) is 0.875. The molecule has 0 aliphatic carbocycles. The van der Waals surface area contributed by atoms with E-state index in [1.807, 2.05) is 44.2 Å². The lowest BCUT2D eigenvalue weighted by molar-refractivity contribution is 0.222. The van der Waals surface area contributed by atoms with Crippen LogP contribution in [0.25, 0.3) is 0 Å². The van der Waals surface area contributed by atoms with Gasteiger partial charge in [-0.05, 0) is 32.0 Å². The van der Waals surface area contributed by atoms with Gasteiger partial charge in [-0.1, -0.05) is 18.2 Å². The Kier molecular flexibility index (Phi) is 3.55. The standard InChI is InChI=1S/C13H15N3O/c1-10(2)17-13-14-9-8-12(16-13)15-11-6-4-3-5-7-11/h3-10H,1-2H3,(H,14,15,16). The Labute approximate surface area is 101 Å². The maximum absolute atomic E-state index is 5.43. The van der Waals surface area contributed by atoms with Gasteiger partial charge in [0.05, 0.1) is 6.10 Å². The summed E-state index contributed by atoms with van der Waals surface area (Å²) in [6, 6.07) is 12.1. The summed E-state index contributed by atoms with van der Waals surface area (Å²) in [6.45, 7) is 3.89. The third kappa shape index (κ3) is 3.45. The lowest BCUT2D eigenvalue weighted by Gasteiger charge is -2.09. The van der Waals surface area contributed by atoms with E-state index < -0.39 is 0 Å². The molecule has 2 aromatic rings. The second-order valence-electron chi connectivity index (χ2n) is 3.88. The molecule has 0 radical (unpaired) electrons. The van der Waals surface area contributed by atoms with E-state index in [1.54, 1.807) is 12.3 Å². The fourth-order valence-electron chi connectivity index (χ4n) is 1.35. The minimum absolute atomic E-state index is 0.0713. The van der Waals surface area contributed by atoms with Crippen molar-refractivity contribution in [2.75, 3.05) is 5.32 Å². The first-order valence-electron chi connectivity index (χ1n) is 5.56. The van der Waals surface area contributed by atoms with E-state index in [1.165, 1.54) is 0 Å². The third-order valence-electron chi connectivity index (χ3n) is 2.02. The van der Waals surface area contributed by atoms with Gasteiger partial charge >= 0.3 is 6.01 Å². The summed E-state index contributed by atoms with van der Waals surface area (Å²) >= 11 is 0. The van der Waals surface area contributed by atoms with Crippen LogP contribution in [-0.2, 0) is 0 Å². The van der Waals surface area contributed by atoms with Gasteiger partial charge in [0.2, 0.25) is 0 Å². The van der Waals surface area contributed by atoms with Crippen LogP contribution in [0.4, 0.5) is 11.5 Å². The topological polar surface area (TPSA) is 47.0 Å². The molecule has 0 unspecified atom stereocenters. The van der Waals surface area contributed by atoms with Crippen molar-refractivity contribution in [3.63, 3.8) is 0 Å². The zero-order valence-electron chi connectivity index (χ0n) is 9.92. The highest BCUT2D eigenvalue weighted by Crippen LogP contribution is 2.15. The second-order valence-corrected chi connectivity index (χ2v) is 3.88. The minimum atomic E-state index is 0.0713. The first kappa shape index (κ1) is 11.4. The van der Waals surface area contributed by atoms with Crippen LogP contribution in [0.3, 0.4) is 0 Å². The highest BCUT2D eigenvalue weighted by Gasteiger charge is 2.02. The predicted molar refractivity (Wildman–Crippen MR) is 67.5 cm³/mol. The number of hydrogen-bond donors (Lipinski definition) is 1. The van der Waals surface area contributed by atoms with Crippen LogP contribution in [0.1, 0.15) is 13.8 Å². The van der Waals surface area contributed by atoms with Crippen LogP contribution in [-0.4, -0.2) is 16.1 Å². The second kappa shape index (κ2) is 5.30. The highest BCUT2D eigenvalue weighted by atomic mass is 16.5. The number of anilines is 2. The summed E-state index contributed by atoms with van der Waals surface area (Å²) in [4.78, 5) is 8.31. The fraction of sp³-hybridized carbons (Fsp3) is 0.231. The van der Waals surface area contributed by atoms with E-state index in [0.29, 0.717) is 6.01 Å². The van der Waals surface area contributed by atoms with Gasteiger partial charge in [-0.15, -0.1) is 0 Å². The molecule has 1 N–H and O–H groups in total. The maximum atomic E-state index is 5.43. The summed E-state index contributed by atoms with van der Waals surface area (Å²) in [7, 11) is 0. The molecule has 0 spiro atoms. The molecule has 0 amide bonds. The van der Waals surface area contributed by atoms with Gasteiger partial charge in [0, 0.05) is 11.9 Å². The molecule has 0 bridgehead atoms. The summed E-state index contributed by atoms with van der Waals surface area (Å²) < 4.78 is 5.43. The zero-order chi connectivity index (χ0) is 12.1. The highest BCUT2D eigenvalue weighted by molar-refractivity contribution is 5.55. The van der Waals surface area contributed by atoms with Gasteiger partial charge in [-0.2, -0.15) is 4.98 Å². The van der Waals surface area contributed by atoms with Crippen molar-refractivity contribution in [3.8, 4) is 6.01 Å². The van der Waals surface area contributed by atoms with Gasteiger partial charge in [-0.3, -0.25) is 0 Å². The number of nitrogens with one attached hydrogen (secondary N) is 1. The number of para-hydroxylation sites is 1. The molecule has 1 heterocycles. The van der Waals surface area contributed by atoms with Gasteiger partial charge in [0.15, 0.2) is 0 Å². The van der Waals surface area contributed by atoms with Crippen molar-refractivity contribution in [2.24, 2.45) is 0 Å². The van der Waals surface area contributed by atoms with Gasteiger partial charge in [0.25, 0.3) is 0 Å². The summed E-state index contributed by atoms with van der Waals surface area (Å²) in [5.41, 5.74) is 0.988. The SMILES string of the molecule is CC(C)Oc1nccc(Nc2ccccc2)n1. The molecule has 1 aromatic heterocycles. The van der Waals surface area contributed by atoms with Crippen molar-refractivity contribution < 1.29 is 4.74 Å². The fourth-order valence-corrected chi connectivity index (χ4v) is 1.35. The Balaban J connectivity index is 2.11. The lowest BCUT2D eigenvalue weighted by atomic mass is 10.3. The molecule has 0 aliphatic heterocycles. The van der Waals surface area contributed by atoms with Crippen LogP contribution in [0, 0.1) is 0 Å². The Morgan fingerprint density at radius 1 is 1.12 bits per heavy atom. The Morgan fingerprint density at radius 2 is 1.88 bits per heavy atom. The van der Waals surface area contributed by atoms with E-state index in [0.717, 1.165) is 11.5 Å². The van der Waals surface area contributed by atoms with E-state index in [4.69, 9.17) is 4.74 Å². The molecular weight excluding hydrogens is 214 g/mol. The van der Waals surface area contributed by atoms with Crippen LogP contribution >= 0.6 is 0 Å². The van der Waals surface area contributed by atoms with Gasteiger partial charge < -0.3 is 10.1 Å². The van der Waals surface area contributed by atoms with Crippen molar-refractivity contribution >= 4 is 11.5 Å². The van der Waals surface area contributed by atoms with Crippen LogP contribution in [0.15, 0.2) is 42.6 Å². The summed E-state index contributed by atoms with van der Waals surface area (Å²) in [5.74, 6) is 0.724. The molecule has 1 aromatic carbocycles. The Morgan fingerprint density at radius 3 is 2.59 bits per heavy atom. The largest absolute Gasteiger partial charge is 0.461 e. The van der Waals surface area contributed by atoms with E-state index in [-0.39, 0.29) is 6.10 Å². The molecule has 0 atom stereocenters.